The third kappa shape index (κ3) is 4.61. The molecule has 1 aliphatic heterocycles. The molecule has 1 amide bonds. The lowest BCUT2D eigenvalue weighted by Gasteiger charge is -2.26. The molecule has 0 aromatic heterocycles. The lowest BCUT2D eigenvalue weighted by atomic mass is 10.2. The average Bonchev–Trinajstić information content (AvgIpc) is 2.56. The highest BCUT2D eigenvalue weighted by atomic mass is 16.5. The number of carbonyl (C=O) groups excluding carboxylic acids is 1. The average molecular weight is 308 g/mol. The van der Waals surface area contributed by atoms with Gasteiger partial charge >= 0.3 is 0 Å². The number of amides is 1. The summed E-state index contributed by atoms with van der Waals surface area (Å²) in [5.41, 5.74) is 0.569. The highest BCUT2D eigenvalue weighted by Crippen LogP contribution is 2.28. The van der Waals surface area contributed by atoms with Gasteiger partial charge in [0.2, 0.25) is 0 Å². The number of methoxy groups -OCH3 is 1. The summed E-state index contributed by atoms with van der Waals surface area (Å²) in [4.78, 5) is 14.1. The van der Waals surface area contributed by atoms with E-state index in [1.807, 2.05) is 6.92 Å². The third-order valence-corrected chi connectivity index (χ3v) is 3.53. The predicted octanol–water partition coefficient (Wildman–Crippen LogP) is 1.16. The van der Waals surface area contributed by atoms with E-state index in [1.165, 1.54) is 0 Å². The summed E-state index contributed by atoms with van der Waals surface area (Å²) >= 11 is 0. The van der Waals surface area contributed by atoms with E-state index in [4.69, 9.17) is 14.2 Å². The lowest BCUT2D eigenvalue weighted by molar-refractivity contribution is 0.0321. The number of morpholine rings is 1. The fourth-order valence-corrected chi connectivity index (χ4v) is 2.30. The predicted molar refractivity (Wildman–Crippen MR) is 83.8 cm³/mol. The van der Waals surface area contributed by atoms with Gasteiger partial charge in [-0.25, -0.2) is 0 Å². The highest BCUT2D eigenvalue weighted by Gasteiger charge is 2.12. The Morgan fingerprint density at radius 2 is 2.09 bits per heavy atom. The molecule has 0 saturated carbocycles. The number of benzene rings is 1. The van der Waals surface area contributed by atoms with Crippen LogP contribution < -0.4 is 14.8 Å². The summed E-state index contributed by atoms with van der Waals surface area (Å²) in [5, 5.41) is 2.76. The van der Waals surface area contributed by atoms with Crippen LogP contribution in [0, 0.1) is 0 Å². The minimum atomic E-state index is -0.110. The van der Waals surface area contributed by atoms with Gasteiger partial charge in [-0.1, -0.05) is 0 Å². The first-order valence-corrected chi connectivity index (χ1v) is 7.63. The van der Waals surface area contributed by atoms with Crippen molar-refractivity contribution >= 4 is 5.91 Å². The number of nitrogens with one attached hydrogen (secondary N) is 1. The molecule has 0 aliphatic carbocycles. The van der Waals surface area contributed by atoms with Gasteiger partial charge in [0.25, 0.3) is 5.91 Å². The Bertz CT molecular complexity index is 487. The standard InChI is InChI=1S/C16H24N2O4/c1-3-17-16(19)13-4-5-14(15(12-13)20-2)22-11-8-18-6-9-21-10-7-18/h4-5,12H,3,6-11H2,1-2H3,(H,17,19). The Morgan fingerprint density at radius 1 is 1.32 bits per heavy atom. The van der Waals surface area contributed by atoms with Gasteiger partial charge in [-0.2, -0.15) is 0 Å². The summed E-state index contributed by atoms with van der Waals surface area (Å²) in [6.45, 7) is 7.36. The number of hydrogen-bond donors (Lipinski definition) is 1. The summed E-state index contributed by atoms with van der Waals surface area (Å²) in [7, 11) is 1.58. The van der Waals surface area contributed by atoms with E-state index in [-0.39, 0.29) is 5.91 Å². The molecular weight excluding hydrogens is 284 g/mol. The number of carbonyl (C=O) groups is 1. The van der Waals surface area contributed by atoms with Crippen LogP contribution >= 0.6 is 0 Å². The van der Waals surface area contributed by atoms with Crippen molar-refractivity contribution in [2.45, 2.75) is 6.92 Å². The second kappa shape index (κ2) is 8.60. The molecule has 1 heterocycles. The monoisotopic (exact) mass is 308 g/mol. The molecule has 1 fully saturated rings. The van der Waals surface area contributed by atoms with Gasteiger partial charge in [0, 0.05) is 31.7 Å². The molecule has 2 rings (SSSR count). The third-order valence-electron chi connectivity index (χ3n) is 3.53. The van der Waals surface area contributed by atoms with Crippen LogP contribution in [0.1, 0.15) is 17.3 Å². The molecule has 1 aromatic carbocycles. The zero-order valence-electron chi connectivity index (χ0n) is 13.3. The molecule has 6 heteroatoms. The van der Waals surface area contributed by atoms with Crippen molar-refractivity contribution in [3.05, 3.63) is 23.8 Å². The molecule has 22 heavy (non-hydrogen) atoms. The van der Waals surface area contributed by atoms with Gasteiger partial charge in [-0.3, -0.25) is 9.69 Å². The van der Waals surface area contributed by atoms with Crippen molar-refractivity contribution in [1.29, 1.82) is 0 Å². The molecule has 0 spiro atoms. The fourth-order valence-electron chi connectivity index (χ4n) is 2.30. The van der Waals surface area contributed by atoms with E-state index in [2.05, 4.69) is 10.2 Å². The maximum Gasteiger partial charge on any atom is 0.251 e. The Hall–Kier alpha value is -1.79. The maximum atomic E-state index is 11.8. The van der Waals surface area contributed by atoms with E-state index in [1.54, 1.807) is 25.3 Å². The maximum absolute atomic E-state index is 11.8. The van der Waals surface area contributed by atoms with Gasteiger partial charge < -0.3 is 19.5 Å². The van der Waals surface area contributed by atoms with Crippen LogP contribution in [0.5, 0.6) is 11.5 Å². The topological polar surface area (TPSA) is 60.0 Å². The van der Waals surface area contributed by atoms with Crippen LogP contribution in [-0.4, -0.2) is 63.9 Å². The van der Waals surface area contributed by atoms with Crippen LogP contribution in [0.2, 0.25) is 0 Å². The van der Waals surface area contributed by atoms with Crippen LogP contribution in [0.4, 0.5) is 0 Å². The van der Waals surface area contributed by atoms with E-state index in [0.717, 1.165) is 32.8 Å². The Balaban J connectivity index is 1.91. The molecule has 1 N–H and O–H groups in total. The second-order valence-electron chi connectivity index (χ2n) is 5.03. The van der Waals surface area contributed by atoms with Crippen molar-refractivity contribution in [2.75, 3.05) is 53.1 Å². The minimum Gasteiger partial charge on any atom is -0.493 e. The molecule has 1 aliphatic rings. The Morgan fingerprint density at radius 3 is 2.77 bits per heavy atom. The molecule has 0 unspecified atom stereocenters. The van der Waals surface area contributed by atoms with Crippen LogP contribution in [0.3, 0.4) is 0 Å². The Kier molecular flexibility index (Phi) is 6.48. The lowest BCUT2D eigenvalue weighted by Crippen LogP contribution is -2.38. The zero-order valence-corrected chi connectivity index (χ0v) is 13.3. The highest BCUT2D eigenvalue weighted by molar-refractivity contribution is 5.94. The molecule has 1 saturated heterocycles. The Labute approximate surface area is 131 Å². The largest absolute Gasteiger partial charge is 0.493 e. The van der Waals surface area contributed by atoms with Crippen molar-refractivity contribution in [3.63, 3.8) is 0 Å². The smallest absolute Gasteiger partial charge is 0.251 e. The van der Waals surface area contributed by atoms with Crippen molar-refractivity contribution < 1.29 is 19.0 Å². The summed E-state index contributed by atoms with van der Waals surface area (Å²) in [6, 6.07) is 5.23. The SMILES string of the molecule is CCNC(=O)c1ccc(OCCN2CCOCC2)c(OC)c1. The van der Waals surface area contributed by atoms with Gasteiger partial charge in [0.15, 0.2) is 11.5 Å². The van der Waals surface area contributed by atoms with Gasteiger partial charge in [0.1, 0.15) is 6.61 Å². The first-order chi connectivity index (χ1) is 10.7. The molecule has 1 aromatic rings. The molecule has 122 valence electrons. The normalized spacial score (nSPS) is 15.4. The van der Waals surface area contributed by atoms with Crippen LogP contribution in [0.25, 0.3) is 0 Å². The number of rotatable bonds is 7. The van der Waals surface area contributed by atoms with Crippen LogP contribution in [0.15, 0.2) is 18.2 Å². The van der Waals surface area contributed by atoms with Crippen molar-refractivity contribution in [2.24, 2.45) is 0 Å². The number of hydrogen-bond acceptors (Lipinski definition) is 5. The van der Waals surface area contributed by atoms with E-state index in [9.17, 15) is 4.79 Å². The summed E-state index contributed by atoms with van der Waals surface area (Å²) < 4.78 is 16.4. The molecular formula is C16H24N2O4. The van der Waals surface area contributed by atoms with Crippen molar-refractivity contribution in [1.82, 2.24) is 10.2 Å². The first kappa shape index (κ1) is 16.6. The molecule has 0 radical (unpaired) electrons. The quantitative estimate of drug-likeness (QED) is 0.819. The minimum absolute atomic E-state index is 0.110. The zero-order chi connectivity index (χ0) is 15.8. The van der Waals surface area contributed by atoms with E-state index in [0.29, 0.717) is 30.2 Å². The summed E-state index contributed by atoms with van der Waals surface area (Å²) in [5.74, 6) is 1.12. The van der Waals surface area contributed by atoms with Gasteiger partial charge in [-0.05, 0) is 25.1 Å². The van der Waals surface area contributed by atoms with Gasteiger partial charge in [-0.15, -0.1) is 0 Å². The molecule has 0 atom stereocenters. The number of nitrogens with zero attached hydrogens (tertiary/aromatic N) is 1. The summed E-state index contributed by atoms with van der Waals surface area (Å²) in [6.07, 6.45) is 0. The fraction of sp³-hybridized carbons (Fsp3) is 0.562. The van der Waals surface area contributed by atoms with Crippen LogP contribution in [-0.2, 0) is 4.74 Å². The van der Waals surface area contributed by atoms with E-state index < -0.39 is 0 Å². The van der Waals surface area contributed by atoms with Crippen molar-refractivity contribution in [3.8, 4) is 11.5 Å². The first-order valence-electron chi connectivity index (χ1n) is 7.63. The molecule has 0 bridgehead atoms. The molecule has 6 nitrogen and oxygen atoms in total. The van der Waals surface area contributed by atoms with Gasteiger partial charge in [0.05, 0.1) is 20.3 Å². The number of ether oxygens (including phenoxy) is 3. The van der Waals surface area contributed by atoms with E-state index >= 15 is 0 Å². The second-order valence-corrected chi connectivity index (χ2v) is 5.03.